The lowest BCUT2D eigenvalue weighted by Crippen LogP contribution is -2.41. The van der Waals surface area contributed by atoms with Gasteiger partial charge < -0.3 is 10.4 Å². The van der Waals surface area contributed by atoms with Crippen LogP contribution in [0.15, 0.2) is 0 Å². The van der Waals surface area contributed by atoms with Crippen LogP contribution >= 0.6 is 0 Å². The molecule has 0 aromatic heterocycles. The summed E-state index contributed by atoms with van der Waals surface area (Å²) in [5.41, 5.74) is 0. The maximum Gasteiger partial charge on any atom is 0.326 e. The third-order valence-electron chi connectivity index (χ3n) is 2.32. The molecule has 4 heteroatoms. The Bertz CT molecular complexity index is 226. The number of hydrogen-bond donors (Lipinski definition) is 2. The lowest BCUT2D eigenvalue weighted by molar-refractivity contribution is -0.142. The predicted molar refractivity (Wildman–Crippen MR) is 63.2 cm³/mol. The molecule has 0 saturated carbocycles. The summed E-state index contributed by atoms with van der Waals surface area (Å²) in [6.07, 6.45) is 3.80. The second-order valence-corrected chi connectivity index (χ2v) is 4.55. The number of rotatable bonds is 8. The van der Waals surface area contributed by atoms with Crippen LogP contribution in [0.3, 0.4) is 0 Å². The summed E-state index contributed by atoms with van der Waals surface area (Å²) in [7, 11) is 0. The van der Waals surface area contributed by atoms with Crippen LogP contribution in [-0.2, 0) is 9.59 Å². The normalized spacial score (nSPS) is 12.5. The van der Waals surface area contributed by atoms with E-state index in [1.807, 2.05) is 13.8 Å². The van der Waals surface area contributed by atoms with Gasteiger partial charge in [0.25, 0.3) is 0 Å². The van der Waals surface area contributed by atoms with Crippen molar-refractivity contribution in [1.29, 1.82) is 0 Å². The van der Waals surface area contributed by atoms with Gasteiger partial charge in [0, 0.05) is 6.42 Å². The van der Waals surface area contributed by atoms with E-state index in [-0.39, 0.29) is 11.8 Å². The molecule has 0 aliphatic rings. The lowest BCUT2D eigenvalue weighted by atomic mass is 10.1. The van der Waals surface area contributed by atoms with Gasteiger partial charge in [-0.25, -0.2) is 4.79 Å². The first kappa shape index (κ1) is 14.9. The minimum Gasteiger partial charge on any atom is -0.480 e. The fourth-order valence-electron chi connectivity index (χ4n) is 1.48. The fraction of sp³-hybridized carbons (Fsp3) is 0.833. The van der Waals surface area contributed by atoms with Crippen molar-refractivity contribution in [2.24, 2.45) is 5.92 Å². The second-order valence-electron chi connectivity index (χ2n) is 4.55. The molecule has 0 spiro atoms. The van der Waals surface area contributed by atoms with Gasteiger partial charge in [-0.3, -0.25) is 4.79 Å². The van der Waals surface area contributed by atoms with Crippen molar-refractivity contribution >= 4 is 11.9 Å². The third-order valence-corrected chi connectivity index (χ3v) is 2.32. The van der Waals surface area contributed by atoms with Crippen molar-refractivity contribution in [3.05, 3.63) is 0 Å². The molecule has 0 aliphatic heterocycles. The highest BCUT2D eigenvalue weighted by atomic mass is 16.4. The second kappa shape index (κ2) is 8.13. The van der Waals surface area contributed by atoms with Crippen molar-refractivity contribution in [1.82, 2.24) is 5.32 Å². The molecule has 0 radical (unpaired) electrons. The number of aliphatic carboxylic acids is 1. The maximum absolute atomic E-state index is 11.4. The van der Waals surface area contributed by atoms with E-state index in [1.165, 1.54) is 0 Å². The molecule has 0 fully saturated rings. The van der Waals surface area contributed by atoms with E-state index < -0.39 is 12.0 Å². The average molecular weight is 229 g/mol. The molecule has 0 aliphatic carbocycles. The van der Waals surface area contributed by atoms with Crippen LogP contribution in [0, 0.1) is 5.92 Å². The van der Waals surface area contributed by atoms with Crippen LogP contribution in [0.25, 0.3) is 0 Å². The summed E-state index contributed by atoms with van der Waals surface area (Å²) in [6.45, 7) is 5.94. The molecule has 1 amide bonds. The highest BCUT2D eigenvalue weighted by Gasteiger charge is 2.19. The minimum atomic E-state index is -0.937. The van der Waals surface area contributed by atoms with Gasteiger partial charge in [0.05, 0.1) is 0 Å². The Labute approximate surface area is 97.4 Å². The Morgan fingerprint density at radius 1 is 1.25 bits per heavy atom. The van der Waals surface area contributed by atoms with Crippen molar-refractivity contribution in [3.63, 3.8) is 0 Å². The Balaban J connectivity index is 4.02. The fourth-order valence-corrected chi connectivity index (χ4v) is 1.48. The molecule has 0 bridgehead atoms. The smallest absolute Gasteiger partial charge is 0.326 e. The topological polar surface area (TPSA) is 66.4 Å². The van der Waals surface area contributed by atoms with Gasteiger partial charge in [0.1, 0.15) is 6.04 Å². The molecule has 4 nitrogen and oxygen atoms in total. The summed E-state index contributed by atoms with van der Waals surface area (Å²) in [6, 6.07) is -0.724. The van der Waals surface area contributed by atoms with E-state index in [0.717, 1.165) is 19.3 Å². The van der Waals surface area contributed by atoms with Gasteiger partial charge in [0.15, 0.2) is 0 Å². The molecule has 1 atom stereocenters. The zero-order valence-corrected chi connectivity index (χ0v) is 10.5. The van der Waals surface area contributed by atoms with Crippen LogP contribution in [0.5, 0.6) is 0 Å². The van der Waals surface area contributed by atoms with Crippen molar-refractivity contribution in [3.8, 4) is 0 Å². The van der Waals surface area contributed by atoms with Crippen molar-refractivity contribution in [2.45, 2.75) is 58.9 Å². The van der Waals surface area contributed by atoms with E-state index in [4.69, 9.17) is 5.11 Å². The first-order chi connectivity index (χ1) is 7.47. The number of carboxylic acid groups (broad SMARTS) is 1. The molecule has 0 aromatic rings. The molecular weight excluding hydrogens is 206 g/mol. The molecule has 0 rings (SSSR count). The van der Waals surface area contributed by atoms with Crippen molar-refractivity contribution < 1.29 is 14.7 Å². The molecule has 0 saturated heterocycles. The summed E-state index contributed by atoms with van der Waals surface area (Å²) in [4.78, 5) is 22.3. The minimum absolute atomic E-state index is 0.168. The zero-order valence-electron chi connectivity index (χ0n) is 10.5. The van der Waals surface area contributed by atoms with E-state index >= 15 is 0 Å². The van der Waals surface area contributed by atoms with Gasteiger partial charge >= 0.3 is 5.97 Å². The van der Waals surface area contributed by atoms with Crippen LogP contribution < -0.4 is 5.32 Å². The van der Waals surface area contributed by atoms with E-state index in [1.54, 1.807) is 0 Å². The Kier molecular flexibility index (Phi) is 7.60. The predicted octanol–water partition coefficient (Wildman–Crippen LogP) is 2.18. The first-order valence-corrected chi connectivity index (χ1v) is 5.99. The Morgan fingerprint density at radius 2 is 1.88 bits per heavy atom. The van der Waals surface area contributed by atoms with Crippen molar-refractivity contribution in [2.75, 3.05) is 0 Å². The van der Waals surface area contributed by atoms with E-state index in [0.29, 0.717) is 12.8 Å². The van der Waals surface area contributed by atoms with Gasteiger partial charge in [-0.05, 0) is 12.3 Å². The zero-order chi connectivity index (χ0) is 12.6. The maximum atomic E-state index is 11.4. The summed E-state index contributed by atoms with van der Waals surface area (Å²) in [5, 5.41) is 11.5. The van der Waals surface area contributed by atoms with Crippen LogP contribution in [0.2, 0.25) is 0 Å². The number of unbranched alkanes of at least 4 members (excludes halogenated alkanes) is 2. The molecule has 94 valence electrons. The monoisotopic (exact) mass is 229 g/mol. The SMILES string of the molecule is CCCCCC(NC(=O)CC(C)C)C(=O)O. The molecule has 2 N–H and O–H groups in total. The number of amides is 1. The number of carboxylic acids is 1. The standard InChI is InChI=1S/C12H23NO3/c1-4-5-6-7-10(12(15)16)13-11(14)8-9(2)3/h9-10H,4-8H2,1-3H3,(H,13,14)(H,15,16). The largest absolute Gasteiger partial charge is 0.480 e. The van der Waals surface area contributed by atoms with E-state index in [2.05, 4.69) is 12.2 Å². The quantitative estimate of drug-likeness (QED) is 0.627. The summed E-state index contributed by atoms with van der Waals surface area (Å²) >= 11 is 0. The number of nitrogens with one attached hydrogen (secondary N) is 1. The van der Waals surface area contributed by atoms with Gasteiger partial charge in [-0.15, -0.1) is 0 Å². The van der Waals surface area contributed by atoms with Gasteiger partial charge in [-0.1, -0.05) is 40.0 Å². The third kappa shape index (κ3) is 7.26. The van der Waals surface area contributed by atoms with E-state index in [9.17, 15) is 9.59 Å². The molecular formula is C12H23NO3. The van der Waals surface area contributed by atoms with Gasteiger partial charge in [0.2, 0.25) is 5.91 Å². The van der Waals surface area contributed by atoms with Gasteiger partial charge in [-0.2, -0.15) is 0 Å². The number of carbonyl (C=O) groups excluding carboxylic acids is 1. The highest BCUT2D eigenvalue weighted by Crippen LogP contribution is 2.05. The van der Waals surface area contributed by atoms with Crippen LogP contribution in [-0.4, -0.2) is 23.0 Å². The lowest BCUT2D eigenvalue weighted by Gasteiger charge is -2.15. The summed E-state index contributed by atoms with van der Waals surface area (Å²) < 4.78 is 0. The molecule has 16 heavy (non-hydrogen) atoms. The Hall–Kier alpha value is -1.06. The first-order valence-electron chi connectivity index (χ1n) is 5.99. The van der Waals surface area contributed by atoms with Crippen LogP contribution in [0.4, 0.5) is 0 Å². The molecule has 0 heterocycles. The highest BCUT2D eigenvalue weighted by molar-refractivity contribution is 5.83. The number of carbonyl (C=O) groups is 2. The molecule has 1 unspecified atom stereocenters. The number of hydrogen-bond acceptors (Lipinski definition) is 2. The Morgan fingerprint density at radius 3 is 2.31 bits per heavy atom. The average Bonchev–Trinajstić information content (AvgIpc) is 2.15. The van der Waals surface area contributed by atoms with Crippen LogP contribution in [0.1, 0.15) is 52.9 Å². The summed E-state index contributed by atoms with van der Waals surface area (Å²) in [5.74, 6) is -0.850. The molecule has 0 aromatic carbocycles.